The van der Waals surface area contributed by atoms with E-state index in [2.05, 4.69) is 4.98 Å². The Labute approximate surface area is 56.1 Å². The molecule has 1 aromatic heterocycles. The molecule has 0 bridgehead atoms. The molecule has 10 heavy (non-hydrogen) atoms. The first kappa shape index (κ1) is 7.08. The Morgan fingerprint density at radius 2 is 2.10 bits per heavy atom. The van der Waals surface area contributed by atoms with E-state index in [1.54, 1.807) is 0 Å². The van der Waals surface area contributed by atoms with Crippen molar-refractivity contribution in [1.29, 1.82) is 0 Å². The summed E-state index contributed by atoms with van der Waals surface area (Å²) >= 11 is 0. The van der Waals surface area contributed by atoms with Crippen molar-refractivity contribution in [3.63, 3.8) is 0 Å². The van der Waals surface area contributed by atoms with Crippen molar-refractivity contribution >= 4 is 0 Å². The maximum atomic E-state index is 12.2. The zero-order valence-corrected chi connectivity index (χ0v) is 5.01. The Morgan fingerprint density at radius 3 is 2.60 bits per heavy atom. The van der Waals surface area contributed by atoms with E-state index in [0.717, 1.165) is 12.3 Å². The highest BCUT2D eigenvalue weighted by Crippen LogP contribution is 2.04. The lowest BCUT2D eigenvalue weighted by Gasteiger charge is -1.94. The minimum Gasteiger partial charge on any atom is -0.390 e. The smallest absolute Gasteiger partial charge is 0.177 e. The summed E-state index contributed by atoms with van der Waals surface area (Å²) < 4.78 is 24.4. The van der Waals surface area contributed by atoms with Gasteiger partial charge in [0.05, 0.1) is 18.5 Å². The number of rotatable bonds is 1. The first-order valence-electron chi connectivity index (χ1n) is 2.65. The maximum absolute atomic E-state index is 12.2. The molecule has 0 radical (unpaired) electrons. The zero-order chi connectivity index (χ0) is 7.56. The van der Waals surface area contributed by atoms with Gasteiger partial charge in [-0.05, 0) is 0 Å². The number of halogens is 2. The van der Waals surface area contributed by atoms with Gasteiger partial charge in [-0.1, -0.05) is 0 Å². The van der Waals surface area contributed by atoms with E-state index in [1.165, 1.54) is 0 Å². The second-order valence-corrected chi connectivity index (χ2v) is 1.75. The third-order valence-corrected chi connectivity index (χ3v) is 1.03. The van der Waals surface area contributed by atoms with Crippen LogP contribution < -0.4 is 0 Å². The van der Waals surface area contributed by atoms with Crippen molar-refractivity contribution in [2.24, 2.45) is 0 Å². The Bertz CT molecular complexity index is 239. The van der Waals surface area contributed by atoms with Crippen LogP contribution in [-0.4, -0.2) is 10.1 Å². The van der Waals surface area contributed by atoms with Crippen molar-refractivity contribution < 1.29 is 13.9 Å². The van der Waals surface area contributed by atoms with Crippen LogP contribution in [0, 0.1) is 11.6 Å². The molecule has 0 aliphatic rings. The molecule has 0 aromatic carbocycles. The van der Waals surface area contributed by atoms with Gasteiger partial charge in [0.2, 0.25) is 0 Å². The van der Waals surface area contributed by atoms with Gasteiger partial charge < -0.3 is 5.11 Å². The van der Waals surface area contributed by atoms with E-state index in [1.807, 2.05) is 0 Å². The molecule has 0 unspecified atom stereocenters. The summed E-state index contributed by atoms with van der Waals surface area (Å²) in [4.78, 5) is 3.39. The highest BCUT2D eigenvalue weighted by Gasteiger charge is 2.01. The van der Waals surface area contributed by atoms with Crippen LogP contribution in [0.1, 0.15) is 5.69 Å². The molecule has 4 heteroatoms. The molecular weight excluding hydrogens is 140 g/mol. The molecule has 0 spiro atoms. The van der Waals surface area contributed by atoms with Crippen molar-refractivity contribution in [2.45, 2.75) is 6.61 Å². The maximum Gasteiger partial charge on any atom is 0.177 e. The number of hydrogen-bond acceptors (Lipinski definition) is 2. The van der Waals surface area contributed by atoms with Crippen molar-refractivity contribution in [1.82, 2.24) is 4.98 Å². The van der Waals surface area contributed by atoms with Gasteiger partial charge in [0, 0.05) is 6.07 Å². The van der Waals surface area contributed by atoms with Gasteiger partial charge in [0.15, 0.2) is 11.6 Å². The Balaban J connectivity index is 3.04. The molecule has 0 amide bonds. The second kappa shape index (κ2) is 2.70. The largest absolute Gasteiger partial charge is 0.390 e. The van der Waals surface area contributed by atoms with E-state index >= 15 is 0 Å². The summed E-state index contributed by atoms with van der Waals surface area (Å²) in [6.45, 7) is -0.378. The standard InChI is InChI=1S/C6H5F2NO/c7-5-1-4(3-10)9-2-6(5)8/h1-2,10H,3H2. The van der Waals surface area contributed by atoms with Gasteiger partial charge in [-0.3, -0.25) is 4.98 Å². The lowest BCUT2D eigenvalue weighted by atomic mass is 10.3. The Hall–Kier alpha value is -1.03. The quantitative estimate of drug-likeness (QED) is 0.635. The van der Waals surface area contributed by atoms with Gasteiger partial charge in [-0.2, -0.15) is 0 Å². The number of nitrogens with zero attached hydrogens (tertiary/aromatic N) is 1. The van der Waals surface area contributed by atoms with Gasteiger partial charge in [0.1, 0.15) is 0 Å². The molecule has 0 saturated carbocycles. The Kier molecular flexibility index (Phi) is 1.91. The molecule has 1 heterocycles. The summed E-state index contributed by atoms with van der Waals surface area (Å²) in [6.07, 6.45) is 0.737. The van der Waals surface area contributed by atoms with Crippen molar-refractivity contribution in [3.05, 3.63) is 29.6 Å². The minimum absolute atomic E-state index is 0.124. The summed E-state index contributed by atoms with van der Waals surface area (Å²) in [7, 11) is 0. The lowest BCUT2D eigenvalue weighted by Crippen LogP contribution is -1.92. The third kappa shape index (κ3) is 1.27. The first-order chi connectivity index (χ1) is 4.74. The molecule has 1 rings (SSSR count). The first-order valence-corrected chi connectivity index (χ1v) is 2.65. The van der Waals surface area contributed by atoms with Crippen molar-refractivity contribution in [2.75, 3.05) is 0 Å². The fourth-order valence-electron chi connectivity index (χ4n) is 0.540. The fourth-order valence-corrected chi connectivity index (χ4v) is 0.540. The number of hydrogen-bond donors (Lipinski definition) is 1. The van der Waals surface area contributed by atoms with E-state index in [9.17, 15) is 8.78 Å². The van der Waals surface area contributed by atoms with Crippen LogP contribution in [0.15, 0.2) is 12.3 Å². The molecule has 54 valence electrons. The van der Waals surface area contributed by atoms with Crippen LogP contribution in [0.5, 0.6) is 0 Å². The predicted molar refractivity (Wildman–Crippen MR) is 30.1 cm³/mol. The molecule has 1 aromatic rings. The van der Waals surface area contributed by atoms with Gasteiger partial charge >= 0.3 is 0 Å². The molecule has 0 aliphatic heterocycles. The molecule has 0 aliphatic carbocycles. The van der Waals surface area contributed by atoms with E-state index in [-0.39, 0.29) is 12.3 Å². The third-order valence-electron chi connectivity index (χ3n) is 1.03. The van der Waals surface area contributed by atoms with Crippen molar-refractivity contribution in [3.8, 4) is 0 Å². The van der Waals surface area contributed by atoms with Crippen LogP contribution in [0.3, 0.4) is 0 Å². The normalized spacial score (nSPS) is 9.90. The van der Waals surface area contributed by atoms with Gasteiger partial charge in [-0.25, -0.2) is 8.78 Å². The van der Waals surface area contributed by atoms with Gasteiger partial charge in [-0.15, -0.1) is 0 Å². The Morgan fingerprint density at radius 1 is 1.40 bits per heavy atom. The van der Waals surface area contributed by atoms with Crippen LogP contribution in [0.25, 0.3) is 0 Å². The molecule has 0 saturated heterocycles. The van der Waals surface area contributed by atoms with E-state index in [4.69, 9.17) is 5.11 Å². The summed E-state index contributed by atoms with van der Waals surface area (Å²) in [6, 6.07) is 0.856. The number of aromatic nitrogens is 1. The zero-order valence-electron chi connectivity index (χ0n) is 5.01. The number of aliphatic hydroxyl groups is 1. The molecule has 1 N–H and O–H groups in total. The lowest BCUT2D eigenvalue weighted by molar-refractivity contribution is 0.275. The molecule has 0 atom stereocenters. The van der Waals surface area contributed by atoms with Crippen LogP contribution in [0.4, 0.5) is 8.78 Å². The molecule has 2 nitrogen and oxygen atoms in total. The SMILES string of the molecule is OCc1cc(F)c(F)cn1. The highest BCUT2D eigenvalue weighted by atomic mass is 19.2. The van der Waals surface area contributed by atoms with Gasteiger partial charge in [0.25, 0.3) is 0 Å². The van der Waals surface area contributed by atoms with Crippen LogP contribution >= 0.6 is 0 Å². The van der Waals surface area contributed by atoms with E-state index < -0.39 is 11.6 Å². The molecular formula is C6H5F2NO. The highest BCUT2D eigenvalue weighted by molar-refractivity contribution is 5.06. The fraction of sp³-hybridized carbons (Fsp3) is 0.167. The van der Waals surface area contributed by atoms with Crippen LogP contribution in [-0.2, 0) is 6.61 Å². The summed E-state index contributed by atoms with van der Waals surface area (Å²) in [5.41, 5.74) is 0.124. The van der Waals surface area contributed by atoms with Crippen LogP contribution in [0.2, 0.25) is 0 Å². The summed E-state index contributed by atoms with van der Waals surface area (Å²) in [5.74, 6) is -1.99. The number of aliphatic hydroxyl groups excluding tert-OH is 1. The average molecular weight is 145 g/mol. The second-order valence-electron chi connectivity index (χ2n) is 1.75. The topological polar surface area (TPSA) is 33.1 Å². The summed E-state index contributed by atoms with van der Waals surface area (Å²) in [5, 5.41) is 8.40. The average Bonchev–Trinajstić information content (AvgIpc) is 1.95. The minimum atomic E-state index is -1.00. The molecule has 0 fully saturated rings. The number of pyridine rings is 1. The predicted octanol–water partition coefficient (Wildman–Crippen LogP) is 0.852. The monoisotopic (exact) mass is 145 g/mol. The van der Waals surface area contributed by atoms with E-state index in [0.29, 0.717) is 0 Å².